The fourth-order valence-electron chi connectivity index (χ4n) is 13.9. The molecule has 688 valence electrons. The Morgan fingerprint density at radius 1 is 0.431 bits per heavy atom. The van der Waals surface area contributed by atoms with Gasteiger partial charge in [-0.1, -0.05) is 215 Å². The molecule has 16 rings (SSSR count). The summed E-state index contributed by atoms with van der Waals surface area (Å²) in [7, 11) is -1.63. The fourth-order valence-corrected chi connectivity index (χ4v) is 14.6. The van der Waals surface area contributed by atoms with Crippen LogP contribution in [0.15, 0.2) is 198 Å². The topological polar surface area (TPSA) is 287 Å². The van der Waals surface area contributed by atoms with E-state index in [1.807, 2.05) is 118 Å². The molecule has 1 amide bonds. The molecule has 0 fully saturated rings. The molecule has 14 heterocycles. The van der Waals surface area contributed by atoms with Crippen molar-refractivity contribution in [1.29, 1.82) is 0 Å². The van der Waals surface area contributed by atoms with E-state index in [0.29, 0.717) is 47.0 Å². The van der Waals surface area contributed by atoms with E-state index >= 15 is 0 Å². The van der Waals surface area contributed by atoms with E-state index in [9.17, 15) is 37.2 Å². The zero-order valence-corrected chi connectivity index (χ0v) is 82.9. The first-order valence-electron chi connectivity index (χ1n) is 43.8. The Labute approximate surface area is 765 Å². The lowest BCUT2D eigenvalue weighted by molar-refractivity contribution is 0.0517. The molecule has 0 spiro atoms. The number of pyridine rings is 6. The molecule has 130 heavy (non-hydrogen) atoms. The first-order chi connectivity index (χ1) is 60.1. The number of amides is 1. The standard InChI is InChI=1S/C14H18N2O2.C14H18N2O.C14H16O2.C13H17N3O.C13H16N2O.C13H15NO.C12H16N2O2S.C12H16N2/c1-5-18-13(17)11-8-15-12-7-6-10(9-16(11)12)14(2,3)4;1-9-13(10(2)17)16-8-11(14(3,4)5)6-7-12(16)15-9;1-9(15)12-8-16-13-6-5-10(7-11(12)13)14(2,3)4;1-13(2,3)9-5-6-11-15-7-10(12(17)14-4)16(11)8-9;1-9(16)11-7-14-12-6-5-10(8-15(11)12)13(2,3)4;1-13(2,3)9-4-5-11-10(8-9)12(15)6-7-14-11;1-12(2,3)9-5-6-10-13-7-11(14(10)8-9)17(4,15)16;1-9-7-13-11-6-5-10(8-14(9)11)12(2,3)4/h6-9H,5H2,1-4H3;6-8H,1-5H3;5-8H,1-4H3;5-8H,1-4H3,(H,14,17);5-8H,1-4H3;4-5,7-8H,6H2,1-3H3;5-8H,1-4H3;5-8H,1-4H3. The summed E-state index contributed by atoms with van der Waals surface area (Å²) in [5, 5.41) is 3.77. The Balaban J connectivity index is 0.000000168. The largest absolute Gasteiger partial charge is 0.464 e. The number of furan rings is 1. The summed E-state index contributed by atoms with van der Waals surface area (Å²) in [6, 6.07) is 36.1. The number of ether oxygens (including phenoxy) is 1. The van der Waals surface area contributed by atoms with Crippen molar-refractivity contribution < 1.29 is 46.3 Å². The van der Waals surface area contributed by atoms with E-state index in [4.69, 9.17) is 9.15 Å². The van der Waals surface area contributed by atoms with E-state index < -0.39 is 9.84 Å². The van der Waals surface area contributed by atoms with Gasteiger partial charge in [0.2, 0.25) is 0 Å². The van der Waals surface area contributed by atoms with Gasteiger partial charge in [0.25, 0.3) is 5.91 Å². The van der Waals surface area contributed by atoms with E-state index in [0.717, 1.165) is 67.3 Å². The smallest absolute Gasteiger partial charge is 0.356 e. The number of nitrogens with one attached hydrogen (secondary N) is 1. The van der Waals surface area contributed by atoms with Crippen LogP contribution < -0.4 is 5.32 Å². The average molecular weight is 1780 g/mol. The molecule has 15 aromatic rings. The third kappa shape index (κ3) is 24.9. The zero-order chi connectivity index (χ0) is 96.8. The van der Waals surface area contributed by atoms with Crippen molar-refractivity contribution in [3.63, 3.8) is 0 Å². The molecule has 1 aliphatic heterocycles. The number of fused-ring (bicyclic) bond motifs is 8. The Morgan fingerprint density at radius 3 is 1.23 bits per heavy atom. The van der Waals surface area contributed by atoms with Crippen molar-refractivity contribution in [1.82, 2.24) is 61.6 Å². The highest BCUT2D eigenvalue weighted by atomic mass is 32.2. The molecule has 2 aromatic carbocycles. The highest BCUT2D eigenvalue weighted by Crippen LogP contribution is 2.35. The predicted molar refractivity (Wildman–Crippen MR) is 522 cm³/mol. The van der Waals surface area contributed by atoms with Gasteiger partial charge in [-0.05, 0) is 176 Å². The molecular weight excluding hydrogens is 1650 g/mol. The summed E-state index contributed by atoms with van der Waals surface area (Å²) >= 11 is 0. The SMILES string of the molecule is CC(=O)c1c(C)nc2ccc(C(C)(C)C)cn12.CC(=O)c1cnc2ccc(C(C)(C)C)cn12.CC(=O)c1coc2ccc(C(C)(C)C)cc12.CC(C)(C)c1ccc2c(c1)C(=O)CC=N2.CC(C)(C)c1ccc2ncc(S(C)(=O)=O)n2c1.CCOC(=O)c1cnc2ccc(C(C)(C)C)cn12.CNC(=O)c1cnc2ccc(C(C)(C)C)cn12.Cc1cnc2ccc(C(C)(C)C)cn12. The second-order valence-corrected chi connectivity index (χ2v) is 43.1. The molecule has 0 saturated carbocycles. The van der Waals surface area contributed by atoms with Crippen LogP contribution in [-0.2, 0) is 57.9 Å². The maximum Gasteiger partial charge on any atom is 0.356 e. The molecule has 24 nitrogen and oxygen atoms in total. The minimum absolute atomic E-state index is 0.0206. The fraction of sp³-hybridized carbons (Fsp3) is 0.400. The number of carbonyl (C=O) groups is 6. The molecule has 1 N–H and O–H groups in total. The van der Waals surface area contributed by atoms with Crippen LogP contribution in [0.4, 0.5) is 5.69 Å². The number of aryl methyl sites for hydroxylation is 2. The summed E-state index contributed by atoms with van der Waals surface area (Å²) in [5.41, 5.74) is 22.3. The molecule has 25 heteroatoms. The van der Waals surface area contributed by atoms with Crippen LogP contribution in [0.25, 0.3) is 44.9 Å². The summed E-state index contributed by atoms with van der Waals surface area (Å²) in [6.07, 6.45) is 24.9. The van der Waals surface area contributed by atoms with Crippen LogP contribution in [0, 0.1) is 13.8 Å². The minimum Gasteiger partial charge on any atom is -0.464 e. The summed E-state index contributed by atoms with van der Waals surface area (Å²) in [6.45, 7) is 62.4. The van der Waals surface area contributed by atoms with Crippen LogP contribution in [0.3, 0.4) is 0 Å². The number of ketones is 4. The number of aromatic nitrogens is 12. The van der Waals surface area contributed by atoms with Crippen molar-refractivity contribution in [2.24, 2.45) is 4.99 Å². The number of benzene rings is 2. The van der Waals surface area contributed by atoms with Crippen LogP contribution >= 0.6 is 0 Å². The Hall–Kier alpha value is -12.6. The lowest BCUT2D eigenvalue weighted by Gasteiger charge is -2.21. The Morgan fingerprint density at radius 2 is 0.800 bits per heavy atom. The van der Waals surface area contributed by atoms with Gasteiger partial charge >= 0.3 is 5.97 Å². The molecule has 0 saturated heterocycles. The molecule has 0 aliphatic carbocycles. The van der Waals surface area contributed by atoms with E-state index in [1.54, 1.807) is 74.6 Å². The van der Waals surface area contributed by atoms with Gasteiger partial charge in [-0.2, -0.15) is 0 Å². The number of esters is 1. The van der Waals surface area contributed by atoms with Gasteiger partial charge in [-0.3, -0.25) is 51.0 Å². The zero-order valence-electron chi connectivity index (χ0n) is 82.1. The first kappa shape index (κ1) is 101. The number of hydrogen-bond donors (Lipinski definition) is 1. The van der Waals surface area contributed by atoms with Gasteiger partial charge in [0.05, 0.1) is 48.3 Å². The lowest BCUT2D eigenvalue weighted by Crippen LogP contribution is -2.20. The number of Topliss-reactive ketones (excluding diaryl/α,β-unsaturated/α-hetero) is 4. The number of hydrogen-bond acceptors (Lipinski definition) is 17. The van der Waals surface area contributed by atoms with Gasteiger partial charge in [-0.15, -0.1) is 0 Å². The number of nitrogens with zero attached hydrogens (tertiary/aromatic N) is 13. The monoisotopic (exact) mass is 1780 g/mol. The quantitative estimate of drug-likeness (QED) is 0.115. The van der Waals surface area contributed by atoms with Crippen molar-refractivity contribution in [3.8, 4) is 0 Å². The number of sulfone groups is 1. The van der Waals surface area contributed by atoms with Gasteiger partial charge in [-0.25, -0.2) is 43.1 Å². The predicted octanol–water partition coefficient (Wildman–Crippen LogP) is 23.0. The molecule has 0 atom stereocenters. The minimum atomic E-state index is -3.25. The van der Waals surface area contributed by atoms with E-state index in [1.165, 1.54) is 51.5 Å². The molecule has 13 aromatic heterocycles. The van der Waals surface area contributed by atoms with E-state index in [2.05, 4.69) is 272 Å². The second kappa shape index (κ2) is 39.4. The van der Waals surface area contributed by atoms with Gasteiger partial charge in [0.1, 0.15) is 62.8 Å². The normalized spacial score (nSPS) is 12.5. The van der Waals surface area contributed by atoms with Crippen LogP contribution in [0.5, 0.6) is 0 Å². The van der Waals surface area contributed by atoms with Crippen LogP contribution in [0.2, 0.25) is 0 Å². The van der Waals surface area contributed by atoms with Gasteiger partial charge < -0.3 is 18.9 Å². The second-order valence-electron chi connectivity index (χ2n) is 41.1. The van der Waals surface area contributed by atoms with Crippen molar-refractivity contribution in [2.75, 3.05) is 19.9 Å². The molecule has 0 unspecified atom stereocenters. The third-order valence-corrected chi connectivity index (χ3v) is 23.2. The Kier molecular flexibility index (Phi) is 30.6. The highest BCUT2D eigenvalue weighted by molar-refractivity contribution is 7.90. The number of carbonyl (C=O) groups excluding carboxylic acids is 6. The lowest BCUT2D eigenvalue weighted by atomic mass is 9.85. The molecule has 1 aliphatic rings. The average Bonchev–Trinajstić information content (AvgIpc) is 1.67. The maximum absolute atomic E-state index is 11.8. The third-order valence-electron chi connectivity index (χ3n) is 22.2. The molecular formula is C105H132N14O10S. The van der Waals surface area contributed by atoms with Crippen molar-refractivity contribution >= 4 is 102 Å². The Bertz CT molecular complexity index is 6730. The van der Waals surface area contributed by atoms with Crippen molar-refractivity contribution in [3.05, 3.63) is 273 Å². The van der Waals surface area contributed by atoms with Crippen LogP contribution in [-0.4, -0.2) is 126 Å². The summed E-state index contributed by atoms with van der Waals surface area (Å²) in [5.74, 6) is -0.143. The highest BCUT2D eigenvalue weighted by Gasteiger charge is 2.27. The van der Waals surface area contributed by atoms with Crippen LogP contribution in [0.1, 0.15) is 319 Å². The number of aliphatic imine (C=N–C) groups is 1. The van der Waals surface area contributed by atoms with Crippen molar-refractivity contribution in [2.45, 2.75) is 262 Å². The van der Waals surface area contributed by atoms with Gasteiger partial charge in [0.15, 0.2) is 43.7 Å². The molecule has 0 radical (unpaired) electrons. The number of imidazole rings is 6. The summed E-state index contributed by atoms with van der Waals surface area (Å²) in [4.78, 5) is 99.3. The number of rotatable bonds is 7. The van der Waals surface area contributed by atoms with E-state index in [-0.39, 0.29) is 83.4 Å². The van der Waals surface area contributed by atoms with Gasteiger partial charge in [0, 0.05) is 99.8 Å². The summed E-state index contributed by atoms with van der Waals surface area (Å²) < 4.78 is 44.8. The first-order valence-corrected chi connectivity index (χ1v) is 45.7. The molecule has 0 bridgehead atoms. The maximum atomic E-state index is 11.8.